The number of hydrogen-bond donors (Lipinski definition) is 6. The first kappa shape index (κ1) is 40.1. The van der Waals surface area contributed by atoms with Gasteiger partial charge in [0.2, 0.25) is 11.8 Å². The van der Waals surface area contributed by atoms with Crippen LogP contribution in [0.3, 0.4) is 0 Å². The number of nitrogens with one attached hydrogen (secondary N) is 4. The van der Waals surface area contributed by atoms with Crippen molar-refractivity contribution in [3.05, 3.63) is 111 Å². The van der Waals surface area contributed by atoms with Crippen LogP contribution in [-0.2, 0) is 38.5 Å². The smallest absolute Gasteiger partial charge is 0.481 e. The Balaban J connectivity index is 0.000000122. The standard InChI is InChI=1S/C23H22N4O2.C17H16ClN3O.C6H8BNO3/c1-29-19-6-4-14(12-25-19)17-9-16-13(11-24-17)3-5-15-20-18(26-21(15)16)10-23(7-2-8-23)27-22(20)28;18-13-6-11-9(8-19-13)2-3-10-14-12(20-15(10)11)7-17(4-1-5-17)21-16(14)22;1-11-6-3-2-5(4-8-6)7(9)10/h4,6,9,11-12,26H,2-3,5,7-8,10H2,1H3,(H,27,28);6,8,20H,1-5,7H2,(H,21,22);2-4,9-10H,1H3. The molecule has 62 heavy (non-hydrogen) atoms. The van der Waals surface area contributed by atoms with Crippen molar-refractivity contribution in [1.29, 1.82) is 0 Å². The van der Waals surface area contributed by atoms with Crippen molar-refractivity contribution in [3.63, 3.8) is 0 Å². The van der Waals surface area contributed by atoms with Gasteiger partial charge in [-0.2, -0.15) is 0 Å². The molecule has 316 valence electrons. The van der Waals surface area contributed by atoms with Crippen molar-refractivity contribution in [3.8, 4) is 45.5 Å². The molecular weight excluding hydrogens is 807 g/mol. The summed E-state index contributed by atoms with van der Waals surface area (Å²) in [5.41, 5.74) is 15.3. The van der Waals surface area contributed by atoms with Gasteiger partial charge < -0.3 is 40.1 Å². The van der Waals surface area contributed by atoms with Crippen molar-refractivity contribution in [2.24, 2.45) is 0 Å². The zero-order valence-corrected chi connectivity index (χ0v) is 35.3. The molecule has 2 fully saturated rings. The fraction of sp³-hybridized carbons (Fsp3) is 0.348. The maximum absolute atomic E-state index is 12.9. The lowest BCUT2D eigenvalue weighted by molar-refractivity contribution is 0.0783. The zero-order chi connectivity index (χ0) is 42.8. The second kappa shape index (κ2) is 15.7. The normalized spacial score (nSPS) is 17.6. The summed E-state index contributed by atoms with van der Waals surface area (Å²) < 4.78 is 9.93. The third-order valence-electron chi connectivity index (χ3n) is 13.5. The van der Waals surface area contributed by atoms with Gasteiger partial charge in [0.25, 0.3) is 11.8 Å². The number of nitrogens with zero attached hydrogens (tertiary/aromatic N) is 4. The summed E-state index contributed by atoms with van der Waals surface area (Å²) in [4.78, 5) is 49.7. The molecule has 0 radical (unpaired) electrons. The minimum absolute atomic E-state index is 0.0102. The fourth-order valence-corrected chi connectivity index (χ4v) is 10.1. The molecule has 4 aliphatic carbocycles. The van der Waals surface area contributed by atoms with Gasteiger partial charge in [0, 0.05) is 88.3 Å². The molecule has 0 saturated heterocycles. The van der Waals surface area contributed by atoms with Gasteiger partial charge in [0.1, 0.15) is 5.15 Å². The van der Waals surface area contributed by atoms with Gasteiger partial charge >= 0.3 is 7.12 Å². The minimum atomic E-state index is -1.46. The molecule has 6 aromatic rings. The van der Waals surface area contributed by atoms with Crippen LogP contribution >= 0.6 is 11.6 Å². The lowest BCUT2D eigenvalue weighted by atomic mass is 9.71. The van der Waals surface area contributed by atoms with E-state index in [1.54, 1.807) is 19.4 Å². The molecule has 2 saturated carbocycles. The Kier molecular flexibility index (Phi) is 10.2. The molecule has 2 amide bonds. The van der Waals surface area contributed by atoms with Crippen molar-refractivity contribution in [1.82, 2.24) is 40.5 Å². The predicted octanol–water partition coefficient (Wildman–Crippen LogP) is 5.26. The topological polar surface area (TPSA) is 200 Å². The van der Waals surface area contributed by atoms with E-state index < -0.39 is 7.12 Å². The molecule has 6 aromatic heterocycles. The molecule has 0 unspecified atom stereocenters. The van der Waals surface area contributed by atoms with Crippen LogP contribution in [0.1, 0.15) is 92.9 Å². The van der Waals surface area contributed by atoms with E-state index in [9.17, 15) is 9.59 Å². The van der Waals surface area contributed by atoms with E-state index in [2.05, 4.69) is 46.6 Å². The number of H-pyrrole nitrogens is 2. The van der Waals surface area contributed by atoms with E-state index in [-0.39, 0.29) is 22.9 Å². The third kappa shape index (κ3) is 7.11. The Bertz CT molecular complexity index is 2730. The molecule has 6 N–H and O–H groups in total. The van der Waals surface area contributed by atoms with E-state index >= 15 is 0 Å². The first-order valence-corrected chi connectivity index (χ1v) is 21.6. The Hall–Kier alpha value is -6.03. The van der Waals surface area contributed by atoms with Gasteiger partial charge in [-0.3, -0.25) is 14.6 Å². The van der Waals surface area contributed by atoms with Gasteiger partial charge in [-0.1, -0.05) is 17.7 Å². The van der Waals surface area contributed by atoms with Crippen LogP contribution in [0.15, 0.2) is 61.2 Å². The minimum Gasteiger partial charge on any atom is -0.481 e. The van der Waals surface area contributed by atoms with Crippen LogP contribution in [0, 0.1) is 0 Å². The van der Waals surface area contributed by atoms with Gasteiger partial charge in [0.15, 0.2) is 0 Å². The second-order valence-electron chi connectivity index (χ2n) is 17.2. The summed E-state index contributed by atoms with van der Waals surface area (Å²) in [6.45, 7) is 0. The number of aromatic nitrogens is 6. The van der Waals surface area contributed by atoms with E-state index in [1.165, 1.54) is 43.3 Å². The number of amides is 2. The number of ether oxygens (including phenoxy) is 2. The third-order valence-corrected chi connectivity index (χ3v) is 13.7. The number of aromatic amines is 2. The summed E-state index contributed by atoms with van der Waals surface area (Å²) in [5.74, 6) is 1.24. The van der Waals surface area contributed by atoms with Crippen LogP contribution in [0.4, 0.5) is 0 Å². The number of halogens is 1. The van der Waals surface area contributed by atoms with E-state index in [0.29, 0.717) is 22.4 Å². The van der Waals surface area contributed by atoms with Gasteiger partial charge in [0.05, 0.1) is 42.4 Å². The number of aryl methyl sites for hydroxylation is 2. The summed E-state index contributed by atoms with van der Waals surface area (Å²) in [7, 11) is 1.64. The lowest BCUT2D eigenvalue weighted by Crippen LogP contribution is -2.58. The molecule has 2 spiro atoms. The van der Waals surface area contributed by atoms with Crippen molar-refractivity contribution >= 4 is 36.0 Å². The number of pyridine rings is 4. The maximum Gasteiger partial charge on any atom is 0.490 e. The first-order chi connectivity index (χ1) is 30.0. The van der Waals surface area contributed by atoms with Crippen molar-refractivity contribution in [2.75, 3.05) is 14.2 Å². The van der Waals surface area contributed by atoms with Crippen LogP contribution in [0.25, 0.3) is 33.8 Å². The SMILES string of the molecule is COc1ccc(-c2cc3c(cn2)CCc2c-3[nH]c3c2C(=O)NC2(CCC2)C3)cn1.COc1ccc(B(O)O)cn1.O=C1NC2(CCC2)Cc2[nH]c3c(c21)CCc1cnc(Cl)cc1-3. The number of carbonyl (C=O) groups is 2. The lowest BCUT2D eigenvalue weighted by Gasteiger charge is -2.45. The Morgan fingerprint density at radius 3 is 1.66 bits per heavy atom. The summed E-state index contributed by atoms with van der Waals surface area (Å²) in [5, 5.41) is 24.4. The molecule has 6 aliphatic rings. The summed E-state index contributed by atoms with van der Waals surface area (Å²) in [6, 6.07) is 10.9. The van der Waals surface area contributed by atoms with Crippen molar-refractivity contribution in [2.45, 2.75) is 88.1 Å². The highest BCUT2D eigenvalue weighted by atomic mass is 35.5. The Labute approximate surface area is 363 Å². The summed E-state index contributed by atoms with van der Waals surface area (Å²) >= 11 is 6.07. The average molecular weight is 853 g/mol. The number of carbonyl (C=O) groups excluding carboxylic acids is 2. The Morgan fingerprint density at radius 2 is 1.19 bits per heavy atom. The number of hydrogen-bond acceptors (Lipinski definition) is 10. The molecule has 12 rings (SSSR count). The molecule has 0 bridgehead atoms. The zero-order valence-electron chi connectivity index (χ0n) is 34.5. The number of fused-ring (bicyclic) bond motifs is 10. The highest BCUT2D eigenvalue weighted by molar-refractivity contribution is 6.58. The van der Waals surface area contributed by atoms with Gasteiger partial charge in [-0.25, -0.2) is 15.0 Å². The molecule has 8 heterocycles. The highest BCUT2D eigenvalue weighted by Crippen LogP contribution is 2.45. The van der Waals surface area contributed by atoms with Crippen LogP contribution < -0.4 is 25.6 Å². The van der Waals surface area contributed by atoms with E-state index in [1.807, 2.05) is 30.6 Å². The van der Waals surface area contributed by atoms with Crippen LogP contribution in [-0.4, -0.2) is 84.2 Å². The molecule has 14 nitrogen and oxygen atoms in total. The highest BCUT2D eigenvalue weighted by Gasteiger charge is 2.46. The predicted molar refractivity (Wildman–Crippen MR) is 234 cm³/mol. The quantitative estimate of drug-likeness (QED) is 0.100. The van der Waals surface area contributed by atoms with Gasteiger partial charge in [-0.05, 0) is 111 Å². The average Bonchev–Trinajstić information content (AvgIpc) is 3.85. The number of rotatable bonds is 4. The molecule has 0 atom stereocenters. The second-order valence-corrected chi connectivity index (χ2v) is 17.6. The molecule has 16 heteroatoms. The van der Waals surface area contributed by atoms with Crippen molar-refractivity contribution < 1.29 is 29.1 Å². The molecule has 2 aliphatic heterocycles. The largest absolute Gasteiger partial charge is 0.490 e. The number of methoxy groups -OCH3 is 2. The van der Waals surface area contributed by atoms with E-state index in [0.717, 1.165) is 132 Å². The van der Waals surface area contributed by atoms with Crippen LogP contribution in [0.5, 0.6) is 11.8 Å². The fourth-order valence-electron chi connectivity index (χ4n) is 9.95. The maximum atomic E-state index is 12.9. The molecule has 0 aromatic carbocycles. The summed E-state index contributed by atoms with van der Waals surface area (Å²) in [6.07, 6.45) is 19.1. The molecular formula is C46H46BClN8O6. The monoisotopic (exact) mass is 852 g/mol. The van der Waals surface area contributed by atoms with Crippen LogP contribution in [0.2, 0.25) is 5.15 Å². The first-order valence-electron chi connectivity index (χ1n) is 21.2. The van der Waals surface area contributed by atoms with Gasteiger partial charge in [-0.15, -0.1) is 0 Å². The van der Waals surface area contributed by atoms with E-state index in [4.69, 9.17) is 31.1 Å². The Morgan fingerprint density at radius 1 is 0.661 bits per heavy atom.